The van der Waals surface area contributed by atoms with Crippen molar-refractivity contribution in [2.75, 3.05) is 13.2 Å². The number of rotatable bonds is 4. The Morgan fingerprint density at radius 3 is 2.81 bits per heavy atom. The summed E-state index contributed by atoms with van der Waals surface area (Å²) in [6, 6.07) is 2.87. The van der Waals surface area contributed by atoms with Crippen molar-refractivity contribution in [3.63, 3.8) is 0 Å². The van der Waals surface area contributed by atoms with Crippen molar-refractivity contribution in [3.8, 4) is 5.75 Å². The maximum atomic E-state index is 12.4. The summed E-state index contributed by atoms with van der Waals surface area (Å²) in [5, 5.41) is 10.1. The van der Waals surface area contributed by atoms with Crippen molar-refractivity contribution < 1.29 is 23.8 Å². The molecule has 27 heavy (non-hydrogen) atoms. The molecule has 1 aliphatic carbocycles. The zero-order chi connectivity index (χ0) is 19.1. The summed E-state index contributed by atoms with van der Waals surface area (Å²) >= 11 is 0. The van der Waals surface area contributed by atoms with Gasteiger partial charge in [0.15, 0.2) is 6.61 Å². The molecule has 0 spiro atoms. The lowest BCUT2D eigenvalue weighted by Gasteiger charge is -2.21. The first-order chi connectivity index (χ1) is 13.0. The highest BCUT2D eigenvalue weighted by Crippen LogP contribution is 2.33. The highest BCUT2D eigenvalue weighted by molar-refractivity contribution is 5.87. The number of amides is 1. The number of carboxylic acids is 1. The van der Waals surface area contributed by atoms with Gasteiger partial charge in [-0.05, 0) is 56.7 Å². The van der Waals surface area contributed by atoms with Crippen molar-refractivity contribution in [2.45, 2.75) is 45.1 Å². The highest BCUT2D eigenvalue weighted by Gasteiger charge is 2.34. The van der Waals surface area contributed by atoms with Crippen LogP contribution in [-0.4, -0.2) is 41.1 Å². The van der Waals surface area contributed by atoms with Gasteiger partial charge in [0, 0.05) is 23.1 Å². The molecule has 1 atom stereocenters. The highest BCUT2D eigenvalue weighted by atomic mass is 16.5. The molecule has 7 nitrogen and oxygen atoms in total. The van der Waals surface area contributed by atoms with E-state index in [1.807, 2.05) is 6.07 Å². The molecule has 1 aromatic carbocycles. The number of nitrogens with zero attached hydrogens (tertiary/aromatic N) is 1. The van der Waals surface area contributed by atoms with E-state index in [1.54, 1.807) is 13.0 Å². The molecule has 4 rings (SSSR count). The number of carbonyl (C=O) groups excluding carboxylic acids is 1. The number of hydrogen-bond acceptors (Lipinski definition) is 5. The van der Waals surface area contributed by atoms with E-state index in [1.165, 1.54) is 4.90 Å². The molecule has 142 valence electrons. The standard InChI is InChI=1S/C20H21NO6/c1-11-16(26-10-17(22)21-9-3-6-15(21)19(23)24)8-7-13-12-4-2-5-14(12)20(25)27-18(11)13/h7-8,15H,2-6,9-10H2,1H3,(H,23,24)/t15-/m1/s1. The topological polar surface area (TPSA) is 97.0 Å². The molecule has 0 unspecified atom stereocenters. The molecule has 1 aliphatic heterocycles. The third kappa shape index (κ3) is 2.97. The normalized spacial score (nSPS) is 18.7. The molecule has 1 amide bonds. The van der Waals surface area contributed by atoms with E-state index in [-0.39, 0.29) is 18.1 Å². The summed E-state index contributed by atoms with van der Waals surface area (Å²) in [5.74, 6) is -0.879. The zero-order valence-electron chi connectivity index (χ0n) is 15.1. The number of carboxylic acid groups (broad SMARTS) is 1. The van der Waals surface area contributed by atoms with Gasteiger partial charge in [-0.2, -0.15) is 0 Å². The maximum Gasteiger partial charge on any atom is 0.339 e. The molecule has 2 heterocycles. The minimum absolute atomic E-state index is 0.245. The predicted molar refractivity (Wildman–Crippen MR) is 97.1 cm³/mol. The Bertz CT molecular complexity index is 992. The summed E-state index contributed by atoms with van der Waals surface area (Å²) in [7, 11) is 0. The van der Waals surface area contributed by atoms with Crippen LogP contribution in [0.1, 0.15) is 36.0 Å². The lowest BCUT2D eigenvalue weighted by Crippen LogP contribution is -2.42. The average molecular weight is 371 g/mol. The fourth-order valence-corrected chi connectivity index (χ4v) is 4.16. The van der Waals surface area contributed by atoms with Crippen LogP contribution in [0.5, 0.6) is 5.75 Å². The van der Waals surface area contributed by atoms with Crippen molar-refractivity contribution in [3.05, 3.63) is 39.2 Å². The van der Waals surface area contributed by atoms with Gasteiger partial charge in [0.1, 0.15) is 17.4 Å². The van der Waals surface area contributed by atoms with E-state index < -0.39 is 12.0 Å². The third-order valence-electron chi connectivity index (χ3n) is 5.55. The summed E-state index contributed by atoms with van der Waals surface area (Å²) in [6.45, 7) is 1.98. The third-order valence-corrected chi connectivity index (χ3v) is 5.55. The molecule has 0 saturated carbocycles. The number of ether oxygens (including phenoxy) is 1. The number of fused-ring (bicyclic) bond motifs is 3. The summed E-state index contributed by atoms with van der Waals surface area (Å²) in [6.07, 6.45) is 3.70. The zero-order valence-corrected chi connectivity index (χ0v) is 15.1. The molecule has 0 radical (unpaired) electrons. The van der Waals surface area contributed by atoms with Crippen LogP contribution in [0.2, 0.25) is 0 Å². The molecule has 1 aromatic heterocycles. The van der Waals surface area contributed by atoms with Gasteiger partial charge in [-0.15, -0.1) is 0 Å². The number of benzene rings is 1. The maximum absolute atomic E-state index is 12.4. The van der Waals surface area contributed by atoms with E-state index in [0.29, 0.717) is 36.3 Å². The Morgan fingerprint density at radius 1 is 1.26 bits per heavy atom. The number of aliphatic carboxylic acids is 1. The van der Waals surface area contributed by atoms with Crippen LogP contribution in [0.3, 0.4) is 0 Å². The second-order valence-electron chi connectivity index (χ2n) is 7.14. The van der Waals surface area contributed by atoms with Crippen LogP contribution < -0.4 is 10.4 Å². The summed E-state index contributed by atoms with van der Waals surface area (Å²) in [5.41, 5.74) is 2.68. The molecule has 2 aromatic rings. The predicted octanol–water partition coefficient (Wildman–Crippen LogP) is 2.04. The largest absolute Gasteiger partial charge is 0.483 e. The molecular weight excluding hydrogens is 350 g/mol. The summed E-state index contributed by atoms with van der Waals surface area (Å²) < 4.78 is 11.2. The van der Waals surface area contributed by atoms with Gasteiger partial charge in [-0.1, -0.05) is 0 Å². The number of likely N-dealkylation sites (tertiary alicyclic amines) is 1. The lowest BCUT2D eigenvalue weighted by atomic mass is 10.0. The SMILES string of the molecule is Cc1c(OCC(=O)N2CCC[C@@H]2C(=O)O)ccc2c3c(c(=O)oc12)CCC3. The van der Waals surface area contributed by atoms with Crippen molar-refractivity contribution in [1.82, 2.24) is 4.90 Å². The van der Waals surface area contributed by atoms with Gasteiger partial charge in [-0.25, -0.2) is 9.59 Å². The minimum atomic E-state index is -0.988. The molecule has 7 heteroatoms. The average Bonchev–Trinajstić information content (AvgIpc) is 3.31. The Morgan fingerprint density at radius 2 is 2.04 bits per heavy atom. The Labute approximate surface area is 155 Å². The van der Waals surface area contributed by atoms with Crippen molar-refractivity contribution in [1.29, 1.82) is 0 Å². The van der Waals surface area contributed by atoms with Crippen LogP contribution >= 0.6 is 0 Å². The van der Waals surface area contributed by atoms with Crippen LogP contribution in [-0.2, 0) is 22.4 Å². The summed E-state index contributed by atoms with van der Waals surface area (Å²) in [4.78, 5) is 37.2. The number of carbonyl (C=O) groups is 2. The van der Waals surface area contributed by atoms with Gasteiger partial charge >= 0.3 is 11.6 Å². The fourth-order valence-electron chi connectivity index (χ4n) is 4.16. The molecular formula is C20H21NO6. The smallest absolute Gasteiger partial charge is 0.339 e. The second-order valence-corrected chi connectivity index (χ2v) is 7.14. The first kappa shape index (κ1) is 17.6. The first-order valence-corrected chi connectivity index (χ1v) is 9.20. The van der Waals surface area contributed by atoms with Crippen LogP contribution in [0.4, 0.5) is 0 Å². The second kappa shape index (κ2) is 6.72. The molecule has 0 bridgehead atoms. The van der Waals surface area contributed by atoms with E-state index in [4.69, 9.17) is 9.15 Å². The minimum Gasteiger partial charge on any atom is -0.483 e. The quantitative estimate of drug-likeness (QED) is 0.826. The van der Waals surface area contributed by atoms with Crippen molar-refractivity contribution in [2.24, 2.45) is 0 Å². The number of aryl methyl sites for hydroxylation is 2. The van der Waals surface area contributed by atoms with E-state index in [0.717, 1.165) is 35.8 Å². The lowest BCUT2D eigenvalue weighted by molar-refractivity contribution is -0.148. The molecule has 1 N–H and O–H groups in total. The Hall–Kier alpha value is -2.83. The fraction of sp³-hybridized carbons (Fsp3) is 0.450. The first-order valence-electron chi connectivity index (χ1n) is 9.20. The van der Waals surface area contributed by atoms with E-state index >= 15 is 0 Å². The van der Waals surface area contributed by atoms with E-state index in [9.17, 15) is 19.5 Å². The Kier molecular flexibility index (Phi) is 4.37. The monoisotopic (exact) mass is 371 g/mol. The van der Waals surface area contributed by atoms with Crippen LogP contribution in [0, 0.1) is 6.92 Å². The van der Waals surface area contributed by atoms with Crippen molar-refractivity contribution >= 4 is 22.8 Å². The van der Waals surface area contributed by atoms with E-state index in [2.05, 4.69) is 0 Å². The number of hydrogen-bond donors (Lipinski definition) is 1. The van der Waals surface area contributed by atoms with Gasteiger partial charge in [0.25, 0.3) is 5.91 Å². The van der Waals surface area contributed by atoms with Gasteiger partial charge in [-0.3, -0.25) is 4.79 Å². The van der Waals surface area contributed by atoms with Gasteiger partial charge in [0.2, 0.25) is 0 Å². The van der Waals surface area contributed by atoms with Gasteiger partial charge in [0.05, 0.1) is 0 Å². The molecule has 2 aliphatic rings. The Balaban J connectivity index is 1.57. The van der Waals surface area contributed by atoms with Gasteiger partial charge < -0.3 is 19.2 Å². The molecule has 1 saturated heterocycles. The van der Waals surface area contributed by atoms with Crippen LogP contribution in [0.15, 0.2) is 21.3 Å². The van der Waals surface area contributed by atoms with Crippen LogP contribution in [0.25, 0.3) is 11.0 Å². The molecule has 1 fully saturated rings.